The number of hydrogen-bond donors (Lipinski definition) is 1. The van der Waals surface area contributed by atoms with Crippen LogP contribution in [0, 0.1) is 11.8 Å². The zero-order chi connectivity index (χ0) is 29.0. The van der Waals surface area contributed by atoms with E-state index >= 15 is 0 Å². The van der Waals surface area contributed by atoms with Crippen LogP contribution in [0.4, 0.5) is 0 Å². The van der Waals surface area contributed by atoms with Crippen LogP contribution in [0.15, 0.2) is 55.6 Å². The third kappa shape index (κ3) is 5.40. The second-order valence-corrected chi connectivity index (χ2v) is 12.4. The number of ether oxygens (including phenoxy) is 1. The summed E-state index contributed by atoms with van der Waals surface area (Å²) in [5.41, 5.74) is -0.223. The Bertz CT molecular complexity index is 1100. The second-order valence-electron chi connectivity index (χ2n) is 11.2. The van der Waals surface area contributed by atoms with Gasteiger partial charge in [0.15, 0.2) is 0 Å². The number of carbonyl (C=O) groups is 3. The van der Waals surface area contributed by atoms with Gasteiger partial charge in [0, 0.05) is 31.5 Å². The van der Waals surface area contributed by atoms with E-state index in [2.05, 4.69) is 36.0 Å². The van der Waals surface area contributed by atoms with Crippen LogP contribution in [0.2, 0.25) is 0 Å². The molecule has 3 aliphatic heterocycles. The summed E-state index contributed by atoms with van der Waals surface area (Å²) in [4.78, 5) is 47.4. The largest absolute Gasteiger partial charge is 0.394 e. The molecule has 3 fully saturated rings. The van der Waals surface area contributed by atoms with Crippen LogP contribution in [-0.4, -0.2) is 99.4 Å². The highest BCUT2D eigenvalue weighted by Crippen LogP contribution is 2.60. The molecule has 1 spiro atoms. The van der Waals surface area contributed by atoms with Crippen LogP contribution < -0.4 is 0 Å². The van der Waals surface area contributed by atoms with Crippen molar-refractivity contribution in [2.45, 2.75) is 67.6 Å². The van der Waals surface area contributed by atoms with E-state index in [0.717, 1.165) is 24.8 Å². The van der Waals surface area contributed by atoms with Gasteiger partial charge in [-0.15, -0.1) is 13.2 Å². The highest BCUT2D eigenvalue weighted by Gasteiger charge is 2.77. The maximum absolute atomic E-state index is 14.5. The molecule has 3 amide bonds. The van der Waals surface area contributed by atoms with Gasteiger partial charge < -0.3 is 24.5 Å². The molecule has 218 valence electrons. The Hall–Kier alpha value is -2.49. The van der Waals surface area contributed by atoms with Crippen molar-refractivity contribution in [3.8, 4) is 0 Å². The lowest BCUT2D eigenvalue weighted by Gasteiger charge is -2.39. The lowest BCUT2D eigenvalue weighted by molar-refractivity contribution is -0.151. The molecular weight excluding hydrogens is 574 g/mol. The first kappa shape index (κ1) is 30.5. The van der Waals surface area contributed by atoms with Crippen LogP contribution in [0.1, 0.15) is 38.2 Å². The van der Waals surface area contributed by atoms with E-state index in [1.54, 1.807) is 33.9 Å². The zero-order valence-electron chi connectivity index (χ0n) is 23.6. The molecule has 0 saturated carbocycles. The second kappa shape index (κ2) is 13.0. The van der Waals surface area contributed by atoms with Crippen LogP contribution in [0.3, 0.4) is 0 Å². The van der Waals surface area contributed by atoms with Gasteiger partial charge in [-0.25, -0.2) is 0 Å². The monoisotopic (exact) mass is 615 g/mol. The molecule has 0 radical (unpaired) electrons. The van der Waals surface area contributed by atoms with Gasteiger partial charge in [-0.3, -0.25) is 14.4 Å². The molecule has 0 aromatic heterocycles. The summed E-state index contributed by atoms with van der Waals surface area (Å²) in [7, 11) is 1.69. The first-order valence-corrected chi connectivity index (χ1v) is 15.2. The van der Waals surface area contributed by atoms with Gasteiger partial charge in [0.1, 0.15) is 11.6 Å². The van der Waals surface area contributed by atoms with E-state index in [0.29, 0.717) is 32.5 Å². The lowest BCUT2D eigenvalue weighted by Crippen LogP contribution is -2.59. The molecule has 9 heteroatoms. The van der Waals surface area contributed by atoms with Gasteiger partial charge in [-0.2, -0.15) is 0 Å². The minimum Gasteiger partial charge on any atom is -0.394 e. The van der Waals surface area contributed by atoms with Crippen molar-refractivity contribution in [1.82, 2.24) is 14.7 Å². The summed E-state index contributed by atoms with van der Waals surface area (Å²) in [5, 5.41) is 10.6. The molecule has 7 atom stereocenters. The number of likely N-dealkylation sites (N-methyl/N-ethyl adjacent to an activating group) is 1. The number of hydrogen-bond acceptors (Lipinski definition) is 5. The molecule has 3 unspecified atom stereocenters. The Kier molecular flexibility index (Phi) is 9.90. The molecule has 4 rings (SSSR count). The molecule has 2 bridgehead atoms. The Labute approximate surface area is 246 Å². The number of unbranched alkanes of at least 4 members (excludes halogenated alkanes) is 2. The quantitative estimate of drug-likeness (QED) is 0.197. The third-order valence-corrected chi connectivity index (χ3v) is 9.48. The lowest BCUT2D eigenvalue weighted by atomic mass is 9.70. The summed E-state index contributed by atoms with van der Waals surface area (Å²) in [5.74, 6) is -2.26. The molecule has 3 heterocycles. The SMILES string of the molecule is C=CCN(C)C(=O)[C@H]1[C@H]2C(=O)N([C@@H](CO)Cc3ccccc3)C(C(=O)N(CC=C)CCCCC)C23CC(Br)[C@@H]1O3. The number of fused-ring (bicyclic) bond motifs is 1. The molecule has 1 aromatic carbocycles. The molecular formula is C31H42BrN3O5. The maximum Gasteiger partial charge on any atom is 0.248 e. The number of likely N-dealkylation sites (tertiary alicyclic amines) is 1. The summed E-state index contributed by atoms with van der Waals surface area (Å²) in [6.07, 6.45) is 6.44. The number of amides is 3. The molecule has 1 aromatic rings. The van der Waals surface area contributed by atoms with E-state index < -0.39 is 35.6 Å². The van der Waals surface area contributed by atoms with Crippen LogP contribution in [0.25, 0.3) is 0 Å². The van der Waals surface area contributed by atoms with E-state index in [4.69, 9.17) is 4.74 Å². The van der Waals surface area contributed by atoms with Crippen molar-refractivity contribution in [3.63, 3.8) is 0 Å². The molecule has 0 aliphatic carbocycles. The minimum atomic E-state index is -1.17. The van der Waals surface area contributed by atoms with E-state index in [-0.39, 0.29) is 29.2 Å². The number of benzene rings is 1. The first-order chi connectivity index (χ1) is 19.2. The molecule has 3 saturated heterocycles. The van der Waals surface area contributed by atoms with Crippen molar-refractivity contribution in [3.05, 3.63) is 61.2 Å². The van der Waals surface area contributed by atoms with E-state index in [1.165, 1.54) is 0 Å². The Balaban J connectivity index is 1.79. The zero-order valence-corrected chi connectivity index (χ0v) is 25.2. The number of aliphatic hydroxyl groups is 1. The van der Waals surface area contributed by atoms with Gasteiger partial charge in [0.2, 0.25) is 17.7 Å². The summed E-state index contributed by atoms with van der Waals surface area (Å²) in [6.45, 7) is 10.6. The molecule has 3 aliphatic rings. The van der Waals surface area contributed by atoms with Gasteiger partial charge in [0.25, 0.3) is 0 Å². The highest BCUT2D eigenvalue weighted by atomic mass is 79.9. The summed E-state index contributed by atoms with van der Waals surface area (Å²) in [6, 6.07) is 8.02. The summed E-state index contributed by atoms with van der Waals surface area (Å²) >= 11 is 3.73. The Morgan fingerprint density at radius 1 is 1.20 bits per heavy atom. The van der Waals surface area contributed by atoms with Crippen molar-refractivity contribution in [2.75, 3.05) is 33.3 Å². The number of halogens is 1. The summed E-state index contributed by atoms with van der Waals surface area (Å²) < 4.78 is 6.65. The van der Waals surface area contributed by atoms with Crippen molar-refractivity contribution in [2.24, 2.45) is 11.8 Å². The Morgan fingerprint density at radius 3 is 2.52 bits per heavy atom. The standard InChI is InChI=1S/C31H42BrN3O5/c1-5-8-12-17-34(16-7-3)30(39)27-31-19-23(32)26(40-31)24(28(37)33(4)15-6-2)25(31)29(38)35(27)22(20-36)18-21-13-10-9-11-14-21/h6-7,9-11,13-14,22-27,36H,2-3,5,8,12,15-20H2,1,4H3/t22-,23?,24+,25+,26+,27?,31?/m1/s1. The van der Waals surface area contributed by atoms with Gasteiger partial charge >= 0.3 is 0 Å². The Morgan fingerprint density at radius 2 is 1.90 bits per heavy atom. The maximum atomic E-state index is 14.5. The minimum absolute atomic E-state index is 0.187. The molecule has 40 heavy (non-hydrogen) atoms. The first-order valence-electron chi connectivity index (χ1n) is 14.3. The number of rotatable bonds is 14. The van der Waals surface area contributed by atoms with Crippen LogP contribution >= 0.6 is 15.9 Å². The molecule has 8 nitrogen and oxygen atoms in total. The number of nitrogens with zero attached hydrogens (tertiary/aromatic N) is 3. The molecule has 1 N–H and O–H groups in total. The predicted molar refractivity (Wildman–Crippen MR) is 158 cm³/mol. The average molecular weight is 617 g/mol. The van der Waals surface area contributed by atoms with Crippen molar-refractivity contribution < 1.29 is 24.2 Å². The van der Waals surface area contributed by atoms with Gasteiger partial charge in [-0.05, 0) is 24.8 Å². The van der Waals surface area contributed by atoms with E-state index in [9.17, 15) is 19.5 Å². The number of aliphatic hydroxyl groups excluding tert-OH is 1. The average Bonchev–Trinajstić information content (AvgIpc) is 3.54. The fourth-order valence-corrected chi connectivity index (χ4v) is 7.81. The van der Waals surface area contributed by atoms with Crippen molar-refractivity contribution in [1.29, 1.82) is 0 Å². The van der Waals surface area contributed by atoms with Crippen molar-refractivity contribution >= 4 is 33.7 Å². The normalized spacial score (nSPS) is 29.2. The topological polar surface area (TPSA) is 90.4 Å². The van der Waals surface area contributed by atoms with Gasteiger partial charge in [-0.1, -0.05) is 78.2 Å². The third-order valence-electron chi connectivity index (χ3n) is 8.64. The predicted octanol–water partition coefficient (Wildman–Crippen LogP) is 3.19. The van der Waals surface area contributed by atoms with Gasteiger partial charge in [0.05, 0.1) is 30.6 Å². The number of carbonyl (C=O) groups excluding carboxylic acids is 3. The highest BCUT2D eigenvalue weighted by molar-refractivity contribution is 9.09. The van der Waals surface area contributed by atoms with E-state index in [1.807, 2.05) is 30.3 Å². The smallest absolute Gasteiger partial charge is 0.248 e. The number of alkyl halides is 1. The van der Waals surface area contributed by atoms with Crippen LogP contribution in [-0.2, 0) is 25.5 Å². The van der Waals surface area contributed by atoms with Crippen LogP contribution in [0.5, 0.6) is 0 Å². The fourth-order valence-electron chi connectivity index (χ4n) is 6.87. The fraction of sp³-hybridized carbons (Fsp3) is 0.581.